The second-order valence-corrected chi connectivity index (χ2v) is 8.68. The molecule has 0 radical (unpaired) electrons. The Kier molecular flexibility index (Phi) is 11.0. The summed E-state index contributed by atoms with van der Waals surface area (Å²) in [6.45, 7) is 3.40. The Hall–Kier alpha value is -1.56. The number of benzene rings is 1. The minimum Gasteiger partial charge on any atom is -0.494 e. The fourth-order valence-corrected chi connectivity index (χ4v) is 3.23. The third-order valence-electron chi connectivity index (χ3n) is 4.17. The Morgan fingerprint density at radius 3 is 2.19 bits per heavy atom. The molecule has 0 atom stereocenters. The van der Waals surface area contributed by atoms with Crippen LogP contribution in [0.15, 0.2) is 29.2 Å². The van der Waals surface area contributed by atoms with E-state index in [1.165, 1.54) is 56.9 Å². The molecule has 0 heterocycles. The largest absolute Gasteiger partial charge is 0.494 e. The van der Waals surface area contributed by atoms with Crippen LogP contribution >= 0.6 is 0 Å². The highest BCUT2D eigenvalue weighted by atomic mass is 32.2. The van der Waals surface area contributed by atoms with Crippen LogP contribution in [-0.2, 0) is 14.6 Å². The van der Waals surface area contributed by atoms with E-state index < -0.39 is 9.84 Å². The van der Waals surface area contributed by atoms with E-state index in [1.54, 1.807) is 12.1 Å². The van der Waals surface area contributed by atoms with Gasteiger partial charge in [-0.3, -0.25) is 4.79 Å². The summed E-state index contributed by atoms with van der Waals surface area (Å²) in [7, 11) is -3.18. The second-order valence-electron chi connectivity index (χ2n) is 6.67. The van der Waals surface area contributed by atoms with E-state index >= 15 is 0 Å². The average Bonchev–Trinajstić information content (AvgIpc) is 2.60. The SMILES string of the molecule is CCCCCCCCCNC(=O)CCCOc1ccc(S(C)(=O)=O)cc1. The van der Waals surface area contributed by atoms with Crippen LogP contribution < -0.4 is 10.1 Å². The average molecular weight is 384 g/mol. The van der Waals surface area contributed by atoms with Crippen molar-refractivity contribution >= 4 is 15.7 Å². The van der Waals surface area contributed by atoms with E-state index in [2.05, 4.69) is 12.2 Å². The van der Waals surface area contributed by atoms with Gasteiger partial charge in [-0.15, -0.1) is 0 Å². The summed E-state index contributed by atoms with van der Waals surface area (Å²) in [5.41, 5.74) is 0. The van der Waals surface area contributed by atoms with Crippen LogP contribution in [0.3, 0.4) is 0 Å². The van der Waals surface area contributed by atoms with Crippen molar-refractivity contribution < 1.29 is 17.9 Å². The molecule has 26 heavy (non-hydrogen) atoms. The van der Waals surface area contributed by atoms with Gasteiger partial charge >= 0.3 is 0 Å². The van der Waals surface area contributed by atoms with Crippen molar-refractivity contribution in [2.45, 2.75) is 69.6 Å². The van der Waals surface area contributed by atoms with E-state index in [9.17, 15) is 13.2 Å². The number of hydrogen-bond acceptors (Lipinski definition) is 4. The molecule has 0 aromatic heterocycles. The molecule has 0 aliphatic carbocycles. The number of rotatable bonds is 14. The van der Waals surface area contributed by atoms with Crippen molar-refractivity contribution in [2.24, 2.45) is 0 Å². The third-order valence-corrected chi connectivity index (χ3v) is 5.30. The first-order valence-corrected chi connectivity index (χ1v) is 11.5. The minimum absolute atomic E-state index is 0.0620. The van der Waals surface area contributed by atoms with Crippen LogP contribution in [0.1, 0.15) is 64.7 Å². The van der Waals surface area contributed by atoms with Gasteiger partial charge in [-0.1, -0.05) is 45.4 Å². The van der Waals surface area contributed by atoms with E-state index in [0.29, 0.717) is 25.2 Å². The standard InChI is InChI=1S/C20H33NO4S/c1-3-4-5-6-7-8-9-16-21-20(22)11-10-17-25-18-12-14-19(15-13-18)26(2,23)24/h12-15H,3-11,16-17H2,1-2H3,(H,21,22). The molecule has 0 fully saturated rings. The van der Waals surface area contributed by atoms with Crippen LogP contribution in [0.2, 0.25) is 0 Å². The van der Waals surface area contributed by atoms with Gasteiger partial charge in [-0.25, -0.2) is 8.42 Å². The van der Waals surface area contributed by atoms with Gasteiger partial charge in [0.2, 0.25) is 5.91 Å². The molecule has 1 N–H and O–H groups in total. The zero-order chi connectivity index (χ0) is 19.3. The van der Waals surface area contributed by atoms with Crippen LogP contribution in [0.5, 0.6) is 5.75 Å². The molecule has 5 nitrogen and oxygen atoms in total. The number of carbonyl (C=O) groups is 1. The first-order chi connectivity index (χ1) is 12.4. The van der Waals surface area contributed by atoms with E-state index in [4.69, 9.17) is 4.74 Å². The summed E-state index contributed by atoms with van der Waals surface area (Å²) in [5.74, 6) is 0.674. The molecular formula is C20H33NO4S. The number of carbonyl (C=O) groups excluding carboxylic acids is 1. The highest BCUT2D eigenvalue weighted by molar-refractivity contribution is 7.90. The lowest BCUT2D eigenvalue weighted by molar-refractivity contribution is -0.121. The quantitative estimate of drug-likeness (QED) is 0.491. The van der Waals surface area contributed by atoms with Crippen molar-refractivity contribution in [3.05, 3.63) is 24.3 Å². The molecule has 0 aliphatic heterocycles. The molecule has 148 valence electrons. The molecule has 1 rings (SSSR count). The lowest BCUT2D eigenvalue weighted by atomic mass is 10.1. The van der Waals surface area contributed by atoms with Gasteiger partial charge in [0.05, 0.1) is 11.5 Å². The maximum atomic E-state index is 11.8. The molecule has 0 spiro atoms. The topological polar surface area (TPSA) is 72.5 Å². The van der Waals surface area contributed by atoms with E-state index in [0.717, 1.165) is 13.0 Å². The van der Waals surface area contributed by atoms with Crippen molar-refractivity contribution in [1.29, 1.82) is 0 Å². The molecule has 0 bridgehead atoms. The smallest absolute Gasteiger partial charge is 0.220 e. The molecule has 0 unspecified atom stereocenters. The Morgan fingerprint density at radius 1 is 0.962 bits per heavy atom. The fourth-order valence-electron chi connectivity index (χ4n) is 2.60. The molecule has 0 saturated heterocycles. The fraction of sp³-hybridized carbons (Fsp3) is 0.650. The van der Waals surface area contributed by atoms with E-state index in [-0.39, 0.29) is 10.8 Å². The summed E-state index contributed by atoms with van der Waals surface area (Å²) in [5, 5.41) is 2.95. The van der Waals surface area contributed by atoms with Crippen LogP contribution in [0, 0.1) is 0 Å². The van der Waals surface area contributed by atoms with Gasteiger partial charge in [0.15, 0.2) is 9.84 Å². The Morgan fingerprint density at radius 2 is 1.58 bits per heavy atom. The normalized spacial score (nSPS) is 11.3. The third kappa shape index (κ3) is 10.4. The predicted octanol–water partition coefficient (Wildman–Crippen LogP) is 4.12. The van der Waals surface area contributed by atoms with Gasteiger partial charge < -0.3 is 10.1 Å². The molecule has 6 heteroatoms. The Labute approximate surface area is 158 Å². The van der Waals surface area contributed by atoms with Gasteiger partial charge in [0, 0.05) is 19.2 Å². The van der Waals surface area contributed by atoms with Crippen LogP contribution in [0.25, 0.3) is 0 Å². The second kappa shape index (κ2) is 12.7. The van der Waals surface area contributed by atoms with Gasteiger partial charge in [0.1, 0.15) is 5.75 Å². The maximum Gasteiger partial charge on any atom is 0.220 e. The molecule has 1 aromatic carbocycles. The molecule has 0 aliphatic rings. The van der Waals surface area contributed by atoms with E-state index in [1.807, 2.05) is 0 Å². The minimum atomic E-state index is -3.18. The lowest BCUT2D eigenvalue weighted by Gasteiger charge is -2.08. The van der Waals surface area contributed by atoms with Gasteiger partial charge in [-0.05, 0) is 37.1 Å². The zero-order valence-electron chi connectivity index (χ0n) is 16.1. The zero-order valence-corrected chi connectivity index (χ0v) is 16.9. The van der Waals surface area contributed by atoms with Crippen molar-refractivity contribution in [3.8, 4) is 5.75 Å². The highest BCUT2D eigenvalue weighted by Crippen LogP contribution is 2.16. The summed E-state index contributed by atoms with van der Waals surface area (Å²) < 4.78 is 28.3. The van der Waals surface area contributed by atoms with Crippen LogP contribution in [0.4, 0.5) is 0 Å². The Balaban J connectivity index is 2.04. The molecule has 0 saturated carbocycles. The highest BCUT2D eigenvalue weighted by Gasteiger charge is 2.06. The predicted molar refractivity (Wildman–Crippen MR) is 105 cm³/mol. The maximum absolute atomic E-state index is 11.8. The number of ether oxygens (including phenoxy) is 1. The number of unbranched alkanes of at least 4 members (excludes halogenated alkanes) is 6. The summed E-state index contributed by atoms with van der Waals surface area (Å²) in [6, 6.07) is 6.33. The van der Waals surface area contributed by atoms with Gasteiger partial charge in [-0.2, -0.15) is 0 Å². The molecule has 1 aromatic rings. The first-order valence-electron chi connectivity index (χ1n) is 9.63. The van der Waals surface area contributed by atoms with Crippen molar-refractivity contribution in [3.63, 3.8) is 0 Å². The first kappa shape index (κ1) is 22.5. The Bertz CT molecular complexity index is 611. The van der Waals surface area contributed by atoms with Crippen LogP contribution in [-0.4, -0.2) is 33.7 Å². The molecular weight excluding hydrogens is 350 g/mol. The lowest BCUT2D eigenvalue weighted by Crippen LogP contribution is -2.24. The van der Waals surface area contributed by atoms with Crippen molar-refractivity contribution in [2.75, 3.05) is 19.4 Å². The van der Waals surface area contributed by atoms with Gasteiger partial charge in [0.25, 0.3) is 0 Å². The summed E-state index contributed by atoms with van der Waals surface area (Å²) in [6.07, 6.45) is 10.9. The summed E-state index contributed by atoms with van der Waals surface area (Å²) >= 11 is 0. The number of nitrogens with one attached hydrogen (secondary N) is 1. The number of amides is 1. The number of hydrogen-bond donors (Lipinski definition) is 1. The molecule has 1 amide bonds. The monoisotopic (exact) mass is 383 g/mol. The summed E-state index contributed by atoms with van der Waals surface area (Å²) in [4.78, 5) is 12.0. The number of sulfone groups is 1. The van der Waals surface area contributed by atoms with Crippen molar-refractivity contribution in [1.82, 2.24) is 5.32 Å².